The molecule has 1 heterocycles. The summed E-state index contributed by atoms with van der Waals surface area (Å²) in [5, 5.41) is 7.20. The molecule has 1 aromatic rings. The first kappa shape index (κ1) is 13.2. The molecule has 0 atom stereocenters. The Morgan fingerprint density at radius 3 is 2.38 bits per heavy atom. The number of hydrogen-bond acceptors (Lipinski definition) is 3. The molecule has 0 amide bonds. The minimum absolute atomic E-state index is 0.332. The summed E-state index contributed by atoms with van der Waals surface area (Å²) in [4.78, 5) is 2.21. The predicted octanol–water partition coefficient (Wildman–Crippen LogP) is 3.15. The Morgan fingerprint density at radius 2 is 1.94 bits per heavy atom. The molecule has 0 saturated carbocycles. The van der Waals surface area contributed by atoms with Crippen molar-refractivity contribution in [1.29, 1.82) is 0 Å². The van der Waals surface area contributed by atoms with Crippen LogP contribution in [-0.4, -0.2) is 27.9 Å². The van der Waals surface area contributed by atoms with Crippen LogP contribution in [0.4, 0.5) is 5.95 Å². The standard InChI is InChI=1S/C11H22N4S/c1-6-9(7-2)14(5)10-12-13-11(16)15(10)8(3)4/h8-9H,6-7H2,1-5H3,(H,13,16). The number of nitrogens with one attached hydrogen (secondary N) is 1. The highest BCUT2D eigenvalue weighted by Crippen LogP contribution is 2.20. The van der Waals surface area contributed by atoms with Gasteiger partial charge in [-0.15, -0.1) is 5.10 Å². The highest BCUT2D eigenvalue weighted by Gasteiger charge is 2.18. The largest absolute Gasteiger partial charge is 0.341 e. The summed E-state index contributed by atoms with van der Waals surface area (Å²) in [7, 11) is 2.08. The Balaban J connectivity index is 3.08. The van der Waals surface area contributed by atoms with E-state index in [1.165, 1.54) is 0 Å². The maximum absolute atomic E-state index is 5.25. The molecule has 0 unspecified atom stereocenters. The van der Waals surface area contributed by atoms with Crippen LogP contribution in [-0.2, 0) is 0 Å². The zero-order chi connectivity index (χ0) is 12.3. The smallest absolute Gasteiger partial charge is 0.225 e. The van der Waals surface area contributed by atoms with E-state index in [-0.39, 0.29) is 0 Å². The fraction of sp³-hybridized carbons (Fsp3) is 0.818. The third kappa shape index (κ3) is 2.45. The number of nitrogens with zero attached hydrogens (tertiary/aromatic N) is 3. The quantitative estimate of drug-likeness (QED) is 0.806. The third-order valence-electron chi connectivity index (χ3n) is 3.01. The van der Waals surface area contributed by atoms with Crippen LogP contribution in [0.1, 0.15) is 46.6 Å². The van der Waals surface area contributed by atoms with Gasteiger partial charge in [0.25, 0.3) is 0 Å². The van der Waals surface area contributed by atoms with Crippen LogP contribution in [0.15, 0.2) is 0 Å². The molecule has 0 aromatic carbocycles. The zero-order valence-corrected chi connectivity index (χ0v) is 11.6. The second kappa shape index (κ2) is 5.48. The van der Waals surface area contributed by atoms with Crippen molar-refractivity contribution in [3.05, 3.63) is 4.77 Å². The lowest BCUT2D eigenvalue weighted by molar-refractivity contribution is 0.537. The summed E-state index contributed by atoms with van der Waals surface area (Å²) in [6.07, 6.45) is 2.23. The lowest BCUT2D eigenvalue weighted by Crippen LogP contribution is -2.33. The number of aromatic nitrogens is 3. The van der Waals surface area contributed by atoms with Gasteiger partial charge in [0.05, 0.1) is 0 Å². The van der Waals surface area contributed by atoms with Gasteiger partial charge in [0, 0.05) is 19.1 Å². The molecule has 1 aromatic heterocycles. The van der Waals surface area contributed by atoms with Crippen LogP contribution in [0.25, 0.3) is 0 Å². The number of anilines is 1. The van der Waals surface area contributed by atoms with Crippen molar-refractivity contribution < 1.29 is 0 Å². The van der Waals surface area contributed by atoms with Crippen LogP contribution in [0.5, 0.6) is 0 Å². The Labute approximate surface area is 103 Å². The molecule has 16 heavy (non-hydrogen) atoms. The first-order valence-corrected chi connectivity index (χ1v) is 6.33. The molecule has 5 heteroatoms. The molecule has 0 bridgehead atoms. The van der Waals surface area contributed by atoms with E-state index in [4.69, 9.17) is 12.2 Å². The van der Waals surface area contributed by atoms with Gasteiger partial charge in [-0.1, -0.05) is 13.8 Å². The van der Waals surface area contributed by atoms with E-state index in [0.29, 0.717) is 16.9 Å². The molecule has 0 aliphatic heterocycles. The Kier molecular flexibility index (Phi) is 4.53. The van der Waals surface area contributed by atoms with Gasteiger partial charge in [-0.2, -0.15) is 0 Å². The van der Waals surface area contributed by atoms with E-state index in [1.54, 1.807) is 0 Å². The fourth-order valence-corrected chi connectivity index (χ4v) is 2.35. The lowest BCUT2D eigenvalue weighted by atomic mass is 10.1. The molecule has 4 nitrogen and oxygen atoms in total. The van der Waals surface area contributed by atoms with Crippen LogP contribution < -0.4 is 4.90 Å². The van der Waals surface area contributed by atoms with Crippen LogP contribution >= 0.6 is 12.2 Å². The van der Waals surface area contributed by atoms with Crippen molar-refractivity contribution in [2.24, 2.45) is 0 Å². The Hall–Kier alpha value is -0.840. The molecule has 92 valence electrons. The lowest BCUT2D eigenvalue weighted by Gasteiger charge is -2.28. The Morgan fingerprint density at radius 1 is 1.38 bits per heavy atom. The summed E-state index contributed by atoms with van der Waals surface area (Å²) >= 11 is 5.25. The monoisotopic (exact) mass is 242 g/mol. The first-order valence-electron chi connectivity index (χ1n) is 5.92. The zero-order valence-electron chi connectivity index (χ0n) is 10.8. The van der Waals surface area contributed by atoms with Crippen molar-refractivity contribution in [3.63, 3.8) is 0 Å². The SMILES string of the molecule is CCC(CC)N(C)c1n[nH]c(=S)n1C(C)C. The number of H-pyrrole nitrogens is 1. The molecule has 0 aliphatic carbocycles. The predicted molar refractivity (Wildman–Crippen MR) is 70.6 cm³/mol. The summed E-state index contributed by atoms with van der Waals surface area (Å²) in [6.45, 7) is 8.64. The molecule has 0 fully saturated rings. The Bertz CT molecular complexity index is 376. The van der Waals surface area contributed by atoms with Crippen molar-refractivity contribution in [3.8, 4) is 0 Å². The van der Waals surface area contributed by atoms with Crippen molar-refractivity contribution >= 4 is 18.2 Å². The average Bonchev–Trinajstić information content (AvgIpc) is 2.61. The van der Waals surface area contributed by atoms with E-state index in [1.807, 2.05) is 0 Å². The van der Waals surface area contributed by atoms with Gasteiger partial charge < -0.3 is 4.90 Å². The van der Waals surface area contributed by atoms with Crippen LogP contribution in [0, 0.1) is 4.77 Å². The second-order valence-electron chi connectivity index (χ2n) is 4.37. The fourth-order valence-electron chi connectivity index (χ4n) is 2.01. The highest BCUT2D eigenvalue weighted by atomic mass is 32.1. The van der Waals surface area contributed by atoms with E-state index < -0.39 is 0 Å². The van der Waals surface area contributed by atoms with Crippen molar-refractivity contribution in [1.82, 2.24) is 14.8 Å². The van der Waals surface area contributed by atoms with Gasteiger partial charge in [0.1, 0.15) is 0 Å². The summed E-state index contributed by atoms with van der Waals surface area (Å²) in [5.74, 6) is 0.939. The minimum atomic E-state index is 0.332. The van der Waals surface area contributed by atoms with Gasteiger partial charge in [-0.05, 0) is 38.9 Å². The van der Waals surface area contributed by atoms with Gasteiger partial charge in [-0.3, -0.25) is 4.57 Å². The first-order chi connectivity index (χ1) is 7.52. The molecule has 1 N–H and O–H groups in total. The normalized spacial score (nSPS) is 11.4. The topological polar surface area (TPSA) is 36.9 Å². The van der Waals surface area contributed by atoms with Crippen molar-refractivity contribution in [2.75, 3.05) is 11.9 Å². The van der Waals surface area contributed by atoms with E-state index >= 15 is 0 Å². The maximum Gasteiger partial charge on any atom is 0.225 e. The molecule has 0 spiro atoms. The molecule has 1 rings (SSSR count). The molecule has 0 saturated heterocycles. The van der Waals surface area contributed by atoms with Crippen LogP contribution in [0.3, 0.4) is 0 Å². The highest BCUT2D eigenvalue weighted by molar-refractivity contribution is 7.71. The summed E-state index contributed by atoms with van der Waals surface area (Å²) in [6, 6.07) is 0.848. The number of rotatable bonds is 5. The van der Waals surface area contributed by atoms with Gasteiger partial charge in [-0.25, -0.2) is 5.10 Å². The minimum Gasteiger partial charge on any atom is -0.341 e. The van der Waals surface area contributed by atoms with Crippen LogP contribution in [0.2, 0.25) is 0 Å². The number of hydrogen-bond donors (Lipinski definition) is 1. The summed E-state index contributed by atoms with van der Waals surface area (Å²) in [5.41, 5.74) is 0. The van der Waals surface area contributed by atoms with Gasteiger partial charge >= 0.3 is 0 Å². The number of aromatic amines is 1. The molecule has 0 aliphatic rings. The summed E-state index contributed by atoms with van der Waals surface area (Å²) < 4.78 is 2.76. The van der Waals surface area contributed by atoms with E-state index in [2.05, 4.69) is 54.4 Å². The molecular weight excluding hydrogens is 220 g/mol. The van der Waals surface area contributed by atoms with E-state index in [9.17, 15) is 0 Å². The second-order valence-corrected chi connectivity index (χ2v) is 4.76. The van der Waals surface area contributed by atoms with Crippen molar-refractivity contribution in [2.45, 2.75) is 52.6 Å². The average molecular weight is 242 g/mol. The van der Waals surface area contributed by atoms with Gasteiger partial charge in [0.15, 0.2) is 4.77 Å². The maximum atomic E-state index is 5.25. The third-order valence-corrected chi connectivity index (χ3v) is 3.30. The van der Waals surface area contributed by atoms with E-state index in [0.717, 1.165) is 18.8 Å². The molecule has 0 radical (unpaired) electrons. The molecular formula is C11H22N4S. The van der Waals surface area contributed by atoms with Gasteiger partial charge in [0.2, 0.25) is 5.95 Å².